The van der Waals surface area contributed by atoms with E-state index in [4.69, 9.17) is 0 Å². The van der Waals surface area contributed by atoms with Gasteiger partial charge >= 0.3 is 0 Å². The third-order valence-electron chi connectivity index (χ3n) is 13.1. The zero-order valence-electron chi connectivity index (χ0n) is 34.9. The normalized spacial score (nSPS) is 14.1. The maximum absolute atomic E-state index is 2.53. The van der Waals surface area contributed by atoms with Crippen molar-refractivity contribution in [2.45, 2.75) is 66.2 Å². The van der Waals surface area contributed by atoms with Crippen molar-refractivity contribution in [3.05, 3.63) is 202 Å². The molecule has 2 aliphatic rings. The monoisotopic (exact) mass is 750 g/mol. The quantitative estimate of drug-likeness (QED) is 0.167. The van der Waals surface area contributed by atoms with E-state index in [2.05, 4.69) is 223 Å². The van der Waals surface area contributed by atoms with E-state index >= 15 is 0 Å². The number of fused-ring (bicyclic) bond motifs is 8. The lowest BCUT2D eigenvalue weighted by molar-refractivity contribution is 0.654. The van der Waals surface area contributed by atoms with Crippen LogP contribution in [0.2, 0.25) is 0 Å². The Kier molecular flexibility index (Phi) is 8.12. The van der Waals surface area contributed by atoms with Gasteiger partial charge in [0.2, 0.25) is 0 Å². The van der Waals surface area contributed by atoms with Crippen LogP contribution >= 0.6 is 0 Å². The topological polar surface area (TPSA) is 6.48 Å². The van der Waals surface area contributed by atoms with Gasteiger partial charge in [0.1, 0.15) is 0 Å². The lowest BCUT2D eigenvalue weighted by atomic mass is 9.78. The first-order valence-electron chi connectivity index (χ1n) is 20.7. The second-order valence-electron chi connectivity index (χ2n) is 17.8. The Bertz CT molecular complexity index is 2800. The molecule has 8 aromatic rings. The molecule has 0 atom stereocenters. The van der Waals surface area contributed by atoms with Crippen molar-refractivity contribution in [2.75, 3.05) is 9.80 Å². The Morgan fingerprint density at radius 2 is 0.672 bits per heavy atom. The zero-order chi connectivity index (χ0) is 40.1. The number of aryl methyl sites for hydroxylation is 4. The van der Waals surface area contributed by atoms with Gasteiger partial charge in [0.05, 0.1) is 0 Å². The molecule has 0 N–H and O–H groups in total. The van der Waals surface area contributed by atoms with Gasteiger partial charge in [-0.15, -0.1) is 0 Å². The van der Waals surface area contributed by atoms with E-state index in [0.29, 0.717) is 0 Å². The van der Waals surface area contributed by atoms with Gasteiger partial charge in [-0.3, -0.25) is 0 Å². The Labute approximate surface area is 344 Å². The highest BCUT2D eigenvalue weighted by molar-refractivity contribution is 6.01. The molecule has 0 heterocycles. The summed E-state index contributed by atoms with van der Waals surface area (Å²) in [6.07, 6.45) is 0. The summed E-state index contributed by atoms with van der Waals surface area (Å²) in [6.45, 7) is 18.3. The molecule has 2 aliphatic carbocycles. The van der Waals surface area contributed by atoms with Gasteiger partial charge in [0, 0.05) is 45.0 Å². The molecule has 0 aliphatic heterocycles. The van der Waals surface area contributed by atoms with Crippen LogP contribution in [0.5, 0.6) is 0 Å². The van der Waals surface area contributed by atoms with E-state index in [-0.39, 0.29) is 10.8 Å². The summed E-state index contributed by atoms with van der Waals surface area (Å²) in [5, 5.41) is 2.59. The van der Waals surface area contributed by atoms with Gasteiger partial charge in [-0.2, -0.15) is 0 Å². The standard InChI is InChI=1S/C56H50N2/c1-35-9-18-40(19-10-35)57(41-20-11-36(2)12-21-41)44-26-29-46-39(31-44)17-28-48-50-34-52-49(33-53(50)56(7,8)54(46)48)47-30-27-45(32-51(47)55(52,5)6)58(42-22-13-37(3)14-23-42)43-24-15-38(4)16-25-43/h9-34H,1-8H3. The second kappa shape index (κ2) is 13.1. The highest BCUT2D eigenvalue weighted by Gasteiger charge is 2.42. The average molecular weight is 751 g/mol. The number of hydrogen-bond acceptors (Lipinski definition) is 2. The van der Waals surface area contributed by atoms with E-state index in [0.717, 1.165) is 28.4 Å². The molecule has 0 spiro atoms. The second-order valence-corrected chi connectivity index (χ2v) is 17.8. The molecular weight excluding hydrogens is 701 g/mol. The molecule has 0 saturated heterocycles. The minimum atomic E-state index is -0.172. The molecular formula is C56H50N2. The van der Waals surface area contributed by atoms with Crippen molar-refractivity contribution >= 4 is 44.9 Å². The van der Waals surface area contributed by atoms with Gasteiger partial charge in [0.15, 0.2) is 0 Å². The molecule has 0 aromatic heterocycles. The maximum atomic E-state index is 2.53. The van der Waals surface area contributed by atoms with Crippen molar-refractivity contribution in [3.8, 4) is 22.3 Å². The van der Waals surface area contributed by atoms with E-state index in [1.807, 2.05) is 0 Å². The number of anilines is 6. The fourth-order valence-corrected chi connectivity index (χ4v) is 9.81. The van der Waals surface area contributed by atoms with Gasteiger partial charge < -0.3 is 9.80 Å². The molecule has 0 unspecified atom stereocenters. The van der Waals surface area contributed by atoms with Crippen LogP contribution in [0.1, 0.15) is 72.2 Å². The summed E-state index contributed by atoms with van der Waals surface area (Å²) in [5.41, 5.74) is 22.7. The molecule has 10 rings (SSSR count). The van der Waals surface area contributed by atoms with Gasteiger partial charge in [-0.25, -0.2) is 0 Å². The molecule has 8 aromatic carbocycles. The first-order chi connectivity index (χ1) is 27.9. The maximum Gasteiger partial charge on any atom is 0.0468 e. The SMILES string of the molecule is Cc1ccc(N(c2ccc(C)cc2)c2ccc3c(c2)C(C)(C)c2cc4c(cc2-3)C(C)(C)c2c-4ccc3cc(N(c4ccc(C)cc4)c4ccc(C)cc4)ccc23)cc1. The number of hydrogen-bond donors (Lipinski definition) is 0. The highest BCUT2D eigenvalue weighted by Crippen LogP contribution is 2.58. The molecule has 284 valence electrons. The average Bonchev–Trinajstić information content (AvgIpc) is 3.58. The molecule has 58 heavy (non-hydrogen) atoms. The molecule has 0 radical (unpaired) electrons. The summed E-state index contributed by atoms with van der Waals surface area (Å²) < 4.78 is 0. The predicted molar refractivity (Wildman–Crippen MR) is 247 cm³/mol. The van der Waals surface area contributed by atoms with Gasteiger partial charge in [-0.05, 0) is 168 Å². The first kappa shape index (κ1) is 36.0. The van der Waals surface area contributed by atoms with Crippen LogP contribution < -0.4 is 9.80 Å². The minimum Gasteiger partial charge on any atom is -0.310 e. The summed E-state index contributed by atoms with van der Waals surface area (Å²) in [7, 11) is 0. The van der Waals surface area contributed by atoms with Crippen LogP contribution in [0.4, 0.5) is 34.1 Å². The molecule has 2 nitrogen and oxygen atoms in total. The number of rotatable bonds is 6. The Hall–Kier alpha value is -6.38. The van der Waals surface area contributed by atoms with E-state index in [1.165, 1.54) is 83.2 Å². The summed E-state index contributed by atoms with van der Waals surface area (Å²) >= 11 is 0. The lowest BCUT2D eigenvalue weighted by Crippen LogP contribution is -2.18. The summed E-state index contributed by atoms with van der Waals surface area (Å²) in [4.78, 5) is 4.77. The third kappa shape index (κ3) is 5.61. The van der Waals surface area contributed by atoms with Crippen LogP contribution in [0.15, 0.2) is 158 Å². The fourth-order valence-electron chi connectivity index (χ4n) is 9.81. The largest absolute Gasteiger partial charge is 0.310 e. The van der Waals surface area contributed by atoms with Crippen molar-refractivity contribution < 1.29 is 0 Å². The van der Waals surface area contributed by atoms with Crippen LogP contribution in [0.3, 0.4) is 0 Å². The molecule has 2 heteroatoms. The van der Waals surface area contributed by atoms with Crippen molar-refractivity contribution in [1.29, 1.82) is 0 Å². The Morgan fingerprint density at radius 1 is 0.310 bits per heavy atom. The minimum absolute atomic E-state index is 0.171. The van der Waals surface area contributed by atoms with Crippen molar-refractivity contribution in [3.63, 3.8) is 0 Å². The van der Waals surface area contributed by atoms with Gasteiger partial charge in [0.25, 0.3) is 0 Å². The van der Waals surface area contributed by atoms with E-state index in [9.17, 15) is 0 Å². The van der Waals surface area contributed by atoms with Crippen molar-refractivity contribution in [2.24, 2.45) is 0 Å². The highest BCUT2D eigenvalue weighted by atomic mass is 15.1. The van der Waals surface area contributed by atoms with Gasteiger partial charge in [-0.1, -0.05) is 123 Å². The Morgan fingerprint density at radius 3 is 1.16 bits per heavy atom. The zero-order valence-corrected chi connectivity index (χ0v) is 34.9. The molecule has 0 saturated carbocycles. The smallest absolute Gasteiger partial charge is 0.0468 e. The van der Waals surface area contributed by atoms with Crippen LogP contribution in [0, 0.1) is 27.7 Å². The number of nitrogens with zero attached hydrogens (tertiary/aromatic N) is 2. The summed E-state index contributed by atoms with van der Waals surface area (Å²) in [6, 6.07) is 59.5. The van der Waals surface area contributed by atoms with E-state index in [1.54, 1.807) is 0 Å². The van der Waals surface area contributed by atoms with Crippen LogP contribution in [-0.4, -0.2) is 0 Å². The van der Waals surface area contributed by atoms with Crippen LogP contribution in [-0.2, 0) is 10.8 Å². The number of benzene rings is 8. The van der Waals surface area contributed by atoms with E-state index < -0.39 is 0 Å². The molecule has 0 fully saturated rings. The third-order valence-corrected chi connectivity index (χ3v) is 13.1. The first-order valence-corrected chi connectivity index (χ1v) is 20.7. The fraction of sp³-hybridized carbons (Fsp3) is 0.179. The van der Waals surface area contributed by atoms with Crippen LogP contribution in [0.25, 0.3) is 33.0 Å². The lowest BCUT2D eigenvalue weighted by Gasteiger charge is -2.28. The molecule has 0 amide bonds. The predicted octanol–water partition coefficient (Wildman–Crippen LogP) is 15.6. The summed E-state index contributed by atoms with van der Waals surface area (Å²) in [5.74, 6) is 0. The molecule has 0 bridgehead atoms. The Balaban J connectivity index is 1.06. The van der Waals surface area contributed by atoms with Crippen molar-refractivity contribution in [1.82, 2.24) is 0 Å².